The van der Waals surface area contributed by atoms with E-state index in [1.807, 2.05) is 24.5 Å². The maximum absolute atomic E-state index is 6.46. The van der Waals surface area contributed by atoms with Crippen LogP contribution in [0.25, 0.3) is 54.9 Å². The highest BCUT2D eigenvalue weighted by molar-refractivity contribution is 6.16. The standard InChI is InChI=1S/C27H20N2O/c1-16(2)17-10-11-20-18(14-17)12-13-28-24(20)22-8-5-9-23-25-27(30-26(22)23)21-7-4-3-6-19(21)15-29-25/h3-16H,1-2H3. The summed E-state index contributed by atoms with van der Waals surface area (Å²) in [5.74, 6) is 0.490. The Morgan fingerprint density at radius 2 is 1.60 bits per heavy atom. The molecule has 6 aromatic rings. The summed E-state index contributed by atoms with van der Waals surface area (Å²) in [6.07, 6.45) is 3.81. The van der Waals surface area contributed by atoms with Gasteiger partial charge in [0.1, 0.15) is 11.1 Å². The number of aromatic nitrogens is 2. The number of fused-ring (bicyclic) bond motifs is 6. The van der Waals surface area contributed by atoms with Gasteiger partial charge in [0.2, 0.25) is 0 Å². The van der Waals surface area contributed by atoms with Crippen molar-refractivity contribution in [2.45, 2.75) is 19.8 Å². The second-order valence-corrected chi connectivity index (χ2v) is 8.10. The molecule has 3 aromatic heterocycles. The summed E-state index contributed by atoms with van der Waals surface area (Å²) in [5, 5.41) is 5.51. The van der Waals surface area contributed by atoms with Crippen LogP contribution in [0.2, 0.25) is 0 Å². The number of pyridine rings is 2. The Labute approximate surface area is 174 Å². The highest BCUT2D eigenvalue weighted by Gasteiger charge is 2.17. The summed E-state index contributed by atoms with van der Waals surface area (Å²) >= 11 is 0. The molecule has 0 aliphatic heterocycles. The highest BCUT2D eigenvalue weighted by Crippen LogP contribution is 2.39. The molecule has 6 rings (SSSR count). The molecule has 0 radical (unpaired) electrons. The minimum atomic E-state index is 0.490. The predicted molar refractivity (Wildman–Crippen MR) is 124 cm³/mol. The van der Waals surface area contributed by atoms with Crippen molar-refractivity contribution in [3.05, 3.63) is 84.7 Å². The fourth-order valence-corrected chi connectivity index (χ4v) is 4.32. The first-order valence-electron chi connectivity index (χ1n) is 10.3. The molecule has 0 saturated carbocycles. The van der Waals surface area contributed by atoms with Crippen molar-refractivity contribution in [3.63, 3.8) is 0 Å². The van der Waals surface area contributed by atoms with Crippen molar-refractivity contribution in [2.75, 3.05) is 0 Å². The first kappa shape index (κ1) is 17.2. The highest BCUT2D eigenvalue weighted by atomic mass is 16.3. The van der Waals surface area contributed by atoms with Crippen LogP contribution in [0, 0.1) is 0 Å². The lowest BCUT2D eigenvalue weighted by molar-refractivity contribution is 0.673. The molecule has 0 saturated heterocycles. The zero-order valence-electron chi connectivity index (χ0n) is 16.9. The maximum atomic E-state index is 6.46. The SMILES string of the molecule is CC(C)c1ccc2c(-c3cccc4c3oc3c5ccccc5cnc43)nccc2c1. The molecule has 0 N–H and O–H groups in total. The summed E-state index contributed by atoms with van der Waals surface area (Å²) in [7, 11) is 0. The monoisotopic (exact) mass is 388 g/mol. The Kier molecular flexibility index (Phi) is 3.66. The van der Waals surface area contributed by atoms with Gasteiger partial charge in [0.15, 0.2) is 5.58 Å². The Morgan fingerprint density at radius 1 is 0.733 bits per heavy atom. The molecular formula is C27H20N2O. The second-order valence-electron chi connectivity index (χ2n) is 8.10. The van der Waals surface area contributed by atoms with Gasteiger partial charge in [-0.3, -0.25) is 9.97 Å². The van der Waals surface area contributed by atoms with Gasteiger partial charge in [-0.1, -0.05) is 62.4 Å². The van der Waals surface area contributed by atoms with Crippen molar-refractivity contribution in [1.82, 2.24) is 9.97 Å². The van der Waals surface area contributed by atoms with Gasteiger partial charge >= 0.3 is 0 Å². The molecule has 0 spiro atoms. The lowest BCUT2D eigenvalue weighted by Gasteiger charge is -2.10. The van der Waals surface area contributed by atoms with Crippen molar-refractivity contribution in [1.29, 1.82) is 0 Å². The average molecular weight is 388 g/mol. The summed E-state index contributed by atoms with van der Waals surface area (Å²) < 4.78 is 6.46. The van der Waals surface area contributed by atoms with E-state index in [9.17, 15) is 0 Å². The molecule has 144 valence electrons. The summed E-state index contributed by atoms with van der Waals surface area (Å²) in [6.45, 7) is 4.44. The van der Waals surface area contributed by atoms with Crippen molar-refractivity contribution in [3.8, 4) is 11.3 Å². The topological polar surface area (TPSA) is 38.9 Å². The van der Waals surface area contributed by atoms with Gasteiger partial charge in [0.25, 0.3) is 0 Å². The molecule has 3 heteroatoms. The number of rotatable bonds is 2. The quantitative estimate of drug-likeness (QED) is 0.309. The molecule has 0 amide bonds. The van der Waals surface area contributed by atoms with Crippen LogP contribution in [0.5, 0.6) is 0 Å². The van der Waals surface area contributed by atoms with E-state index in [0.717, 1.165) is 49.5 Å². The number of hydrogen-bond donors (Lipinski definition) is 0. The van der Waals surface area contributed by atoms with Gasteiger partial charge in [-0.25, -0.2) is 0 Å². The Balaban J connectivity index is 1.68. The van der Waals surface area contributed by atoms with Gasteiger partial charge < -0.3 is 4.42 Å². The van der Waals surface area contributed by atoms with E-state index >= 15 is 0 Å². The number of furan rings is 1. The summed E-state index contributed by atoms with van der Waals surface area (Å²) in [6, 6.07) is 23.2. The first-order valence-corrected chi connectivity index (χ1v) is 10.3. The summed E-state index contributed by atoms with van der Waals surface area (Å²) in [4.78, 5) is 9.47. The van der Waals surface area contributed by atoms with E-state index in [0.29, 0.717) is 5.92 Å². The number of nitrogens with zero attached hydrogens (tertiary/aromatic N) is 2. The van der Waals surface area contributed by atoms with Crippen LogP contribution in [-0.4, -0.2) is 9.97 Å². The van der Waals surface area contributed by atoms with Crippen LogP contribution in [-0.2, 0) is 0 Å². The lowest BCUT2D eigenvalue weighted by Crippen LogP contribution is -1.90. The van der Waals surface area contributed by atoms with Gasteiger partial charge in [-0.15, -0.1) is 0 Å². The fraction of sp³-hybridized carbons (Fsp3) is 0.111. The molecule has 3 heterocycles. The zero-order valence-corrected chi connectivity index (χ0v) is 16.9. The zero-order chi connectivity index (χ0) is 20.2. The summed E-state index contributed by atoms with van der Waals surface area (Å²) in [5.41, 5.74) is 5.83. The fourth-order valence-electron chi connectivity index (χ4n) is 4.32. The molecule has 0 aliphatic carbocycles. The van der Waals surface area contributed by atoms with Crippen LogP contribution < -0.4 is 0 Å². The predicted octanol–water partition coefficient (Wildman–Crippen LogP) is 7.47. The molecule has 30 heavy (non-hydrogen) atoms. The van der Waals surface area contributed by atoms with Crippen molar-refractivity contribution >= 4 is 43.6 Å². The molecule has 3 aromatic carbocycles. The lowest BCUT2D eigenvalue weighted by atomic mass is 9.97. The molecule has 0 bridgehead atoms. The van der Waals surface area contributed by atoms with Crippen LogP contribution >= 0.6 is 0 Å². The second kappa shape index (κ2) is 6.39. The smallest absolute Gasteiger partial charge is 0.161 e. The molecule has 0 unspecified atom stereocenters. The van der Waals surface area contributed by atoms with Crippen LogP contribution in [0.4, 0.5) is 0 Å². The molecule has 0 atom stereocenters. The largest absolute Gasteiger partial charge is 0.453 e. The molecular weight excluding hydrogens is 368 g/mol. The Morgan fingerprint density at radius 3 is 2.50 bits per heavy atom. The molecule has 3 nitrogen and oxygen atoms in total. The van der Waals surface area contributed by atoms with Gasteiger partial charge in [-0.05, 0) is 35.1 Å². The van der Waals surface area contributed by atoms with Crippen molar-refractivity contribution < 1.29 is 4.42 Å². The Hall–Kier alpha value is -3.72. The van der Waals surface area contributed by atoms with Gasteiger partial charge in [-0.2, -0.15) is 0 Å². The van der Waals surface area contributed by atoms with E-state index in [-0.39, 0.29) is 0 Å². The molecule has 0 aliphatic rings. The maximum Gasteiger partial charge on any atom is 0.161 e. The third-order valence-electron chi connectivity index (χ3n) is 5.94. The minimum absolute atomic E-state index is 0.490. The van der Waals surface area contributed by atoms with Crippen molar-refractivity contribution in [2.24, 2.45) is 0 Å². The van der Waals surface area contributed by atoms with Crippen LogP contribution in [0.3, 0.4) is 0 Å². The third kappa shape index (κ3) is 2.45. The number of benzene rings is 3. The van der Waals surface area contributed by atoms with Gasteiger partial charge in [0.05, 0.1) is 5.69 Å². The van der Waals surface area contributed by atoms with E-state index in [4.69, 9.17) is 14.4 Å². The van der Waals surface area contributed by atoms with Crippen LogP contribution in [0.1, 0.15) is 25.3 Å². The number of para-hydroxylation sites is 1. The normalized spacial score (nSPS) is 12.0. The van der Waals surface area contributed by atoms with Crippen LogP contribution in [0.15, 0.2) is 83.5 Å². The van der Waals surface area contributed by atoms with E-state index in [2.05, 4.69) is 68.4 Å². The van der Waals surface area contributed by atoms with E-state index in [1.165, 1.54) is 10.9 Å². The van der Waals surface area contributed by atoms with E-state index in [1.54, 1.807) is 0 Å². The molecule has 0 fully saturated rings. The Bertz CT molecular complexity index is 1580. The average Bonchev–Trinajstić information content (AvgIpc) is 3.17. The van der Waals surface area contributed by atoms with Gasteiger partial charge in [0, 0.05) is 39.5 Å². The number of hydrogen-bond acceptors (Lipinski definition) is 3. The minimum Gasteiger partial charge on any atom is -0.453 e. The third-order valence-corrected chi connectivity index (χ3v) is 5.94. The first-order chi connectivity index (χ1) is 14.7. The van der Waals surface area contributed by atoms with E-state index < -0.39 is 0 Å².